The Kier molecular flexibility index (Phi) is 17.4. The van der Waals surface area contributed by atoms with Gasteiger partial charge in [0.1, 0.15) is 0 Å². The molecule has 0 saturated heterocycles. The molecule has 1 N–H and O–H groups in total. The maximum atomic E-state index is 9.34. The highest BCUT2D eigenvalue weighted by atomic mass is 16.4. The molecule has 1 atom stereocenters. The van der Waals surface area contributed by atoms with Crippen molar-refractivity contribution in [2.24, 2.45) is 0 Å². The monoisotopic (exact) mass is 331 g/mol. The summed E-state index contributed by atoms with van der Waals surface area (Å²) in [5.41, 5.74) is 0. The summed E-state index contributed by atoms with van der Waals surface area (Å²) in [4.78, 5) is 9.34. The third kappa shape index (κ3) is 14.7. The molecular formula is C19H41NO3. The average Bonchev–Trinajstić information content (AvgIpc) is 2.54. The van der Waals surface area contributed by atoms with Crippen molar-refractivity contribution in [2.75, 3.05) is 26.2 Å². The molecule has 23 heavy (non-hydrogen) atoms. The molecular weight excluding hydrogens is 290 g/mol. The first-order valence-corrected chi connectivity index (χ1v) is 9.63. The van der Waals surface area contributed by atoms with Crippen LogP contribution in [0, 0.1) is 0 Å². The fourth-order valence-electron chi connectivity index (χ4n) is 2.64. The van der Waals surface area contributed by atoms with E-state index >= 15 is 0 Å². The van der Waals surface area contributed by atoms with Crippen molar-refractivity contribution < 1.29 is 19.5 Å². The molecule has 0 rings (SSSR count). The van der Waals surface area contributed by atoms with Gasteiger partial charge in [0, 0.05) is 0 Å². The van der Waals surface area contributed by atoms with E-state index < -0.39 is 12.1 Å². The Balaban J connectivity index is 0. The van der Waals surface area contributed by atoms with E-state index in [0.29, 0.717) is 0 Å². The highest BCUT2D eigenvalue weighted by molar-refractivity contribution is 5.68. The fourth-order valence-corrected chi connectivity index (χ4v) is 2.64. The Morgan fingerprint density at radius 2 is 1.04 bits per heavy atom. The summed E-state index contributed by atoms with van der Waals surface area (Å²) in [6.45, 7) is 16.2. The number of carboxylic acid groups (broad SMARTS) is 1. The lowest BCUT2D eigenvalue weighted by molar-refractivity contribution is -0.929. The van der Waals surface area contributed by atoms with Gasteiger partial charge in [-0.25, -0.2) is 0 Å². The second-order valence-electron chi connectivity index (χ2n) is 6.65. The number of carbonyl (C=O) groups excluding carboxylic acids is 1. The summed E-state index contributed by atoms with van der Waals surface area (Å²) >= 11 is 0. The zero-order valence-corrected chi connectivity index (χ0v) is 16.3. The molecule has 0 aromatic carbocycles. The number of nitrogens with zero attached hydrogens (tertiary/aromatic N) is 1. The van der Waals surface area contributed by atoms with E-state index in [4.69, 9.17) is 5.11 Å². The van der Waals surface area contributed by atoms with Gasteiger partial charge < -0.3 is 19.5 Å². The van der Waals surface area contributed by atoms with Crippen LogP contribution in [0.25, 0.3) is 0 Å². The van der Waals surface area contributed by atoms with Crippen LogP contribution in [0.3, 0.4) is 0 Å². The van der Waals surface area contributed by atoms with E-state index in [1.54, 1.807) is 0 Å². The molecule has 0 spiro atoms. The predicted molar refractivity (Wildman–Crippen MR) is 96.0 cm³/mol. The van der Waals surface area contributed by atoms with E-state index in [2.05, 4.69) is 27.7 Å². The first kappa shape index (κ1) is 24.6. The van der Waals surface area contributed by atoms with Crippen molar-refractivity contribution >= 4 is 5.97 Å². The van der Waals surface area contributed by atoms with Crippen LogP contribution in [0.5, 0.6) is 0 Å². The number of unbranched alkanes of at least 4 members (excludes halogenated alkanes) is 4. The number of aliphatic hydroxyl groups is 1. The minimum Gasteiger partial charge on any atom is -0.547 e. The maximum absolute atomic E-state index is 9.34. The van der Waals surface area contributed by atoms with Crippen LogP contribution < -0.4 is 5.11 Å². The summed E-state index contributed by atoms with van der Waals surface area (Å²) in [6.07, 6.45) is 9.72. The van der Waals surface area contributed by atoms with Crippen LogP contribution in [0.4, 0.5) is 0 Å². The van der Waals surface area contributed by atoms with Gasteiger partial charge in [-0.3, -0.25) is 0 Å². The van der Waals surface area contributed by atoms with Crippen molar-refractivity contribution in [2.45, 2.75) is 92.1 Å². The summed E-state index contributed by atoms with van der Waals surface area (Å²) in [6, 6.07) is 0. The van der Waals surface area contributed by atoms with Crippen molar-refractivity contribution in [3.63, 3.8) is 0 Å². The van der Waals surface area contributed by atoms with Crippen LogP contribution in [0.15, 0.2) is 0 Å². The van der Waals surface area contributed by atoms with Crippen LogP contribution in [-0.2, 0) is 4.79 Å². The minimum absolute atomic E-state index is 1.13. The van der Waals surface area contributed by atoms with Crippen LogP contribution in [0.2, 0.25) is 0 Å². The predicted octanol–water partition coefficient (Wildman–Crippen LogP) is 3.12. The molecule has 0 aliphatic rings. The van der Waals surface area contributed by atoms with Crippen molar-refractivity contribution in [1.29, 1.82) is 0 Å². The third-order valence-corrected chi connectivity index (χ3v) is 4.29. The van der Waals surface area contributed by atoms with Gasteiger partial charge in [-0.05, 0) is 32.6 Å². The second-order valence-corrected chi connectivity index (χ2v) is 6.65. The van der Waals surface area contributed by atoms with Gasteiger partial charge in [0.15, 0.2) is 0 Å². The van der Waals surface area contributed by atoms with Crippen LogP contribution in [0.1, 0.15) is 86.0 Å². The van der Waals surface area contributed by atoms with Crippen molar-refractivity contribution in [1.82, 2.24) is 0 Å². The first-order chi connectivity index (χ1) is 10.9. The third-order valence-electron chi connectivity index (χ3n) is 4.29. The number of rotatable bonds is 13. The van der Waals surface area contributed by atoms with Gasteiger partial charge in [0.25, 0.3) is 0 Å². The van der Waals surface area contributed by atoms with Gasteiger partial charge in [0.2, 0.25) is 0 Å². The highest BCUT2D eigenvalue weighted by Gasteiger charge is 2.24. The number of hydrogen-bond acceptors (Lipinski definition) is 3. The van der Waals surface area contributed by atoms with Gasteiger partial charge in [0.05, 0.1) is 38.3 Å². The Labute approximate surface area is 144 Å². The number of carbonyl (C=O) groups is 1. The molecule has 0 aliphatic heterocycles. The van der Waals surface area contributed by atoms with Crippen LogP contribution in [-0.4, -0.2) is 47.8 Å². The van der Waals surface area contributed by atoms with Gasteiger partial charge in [-0.1, -0.05) is 53.4 Å². The minimum atomic E-state index is -1.44. The number of carboxylic acids is 1. The molecule has 0 amide bonds. The van der Waals surface area contributed by atoms with Gasteiger partial charge >= 0.3 is 0 Å². The van der Waals surface area contributed by atoms with E-state index in [1.165, 1.54) is 82.0 Å². The summed E-state index contributed by atoms with van der Waals surface area (Å²) in [5, 5.41) is 17.3. The quantitative estimate of drug-likeness (QED) is 0.528. The standard InChI is InChI=1S/C16H36N.C3H6O3/c1-5-9-13-17(14-10-6-2,15-11-7-3)16-12-8-4;1-2(4)3(5)6/h5-16H2,1-4H3;2,4H,1H3,(H,5,6)/q+1;/p-1. The number of hydrogen-bond donors (Lipinski definition) is 1. The van der Waals surface area contributed by atoms with Crippen LogP contribution >= 0.6 is 0 Å². The Morgan fingerprint density at radius 3 is 1.17 bits per heavy atom. The molecule has 0 bridgehead atoms. The molecule has 4 heteroatoms. The van der Waals surface area contributed by atoms with Crippen molar-refractivity contribution in [3.05, 3.63) is 0 Å². The van der Waals surface area contributed by atoms with Gasteiger partial charge in [-0.15, -0.1) is 0 Å². The van der Waals surface area contributed by atoms with E-state index in [1.807, 2.05) is 0 Å². The summed E-state index contributed by atoms with van der Waals surface area (Å²) < 4.78 is 1.42. The number of aliphatic hydroxyl groups excluding tert-OH is 1. The molecule has 140 valence electrons. The molecule has 0 aromatic heterocycles. The zero-order chi connectivity index (χ0) is 18.1. The molecule has 1 unspecified atom stereocenters. The largest absolute Gasteiger partial charge is 0.547 e. The maximum Gasteiger partial charge on any atom is 0.0905 e. The average molecular weight is 332 g/mol. The molecule has 0 aromatic rings. The number of quaternary nitrogens is 1. The SMILES string of the molecule is CC(O)C(=O)[O-].CCCC[N+](CCCC)(CCCC)CCCC. The lowest BCUT2D eigenvalue weighted by atomic mass is 10.1. The lowest BCUT2D eigenvalue weighted by Gasteiger charge is -2.39. The van der Waals surface area contributed by atoms with Crippen molar-refractivity contribution in [3.8, 4) is 0 Å². The molecule has 0 radical (unpaired) electrons. The number of aliphatic carboxylic acids is 1. The second kappa shape index (κ2) is 16.3. The lowest BCUT2D eigenvalue weighted by Crippen LogP contribution is -2.50. The Morgan fingerprint density at radius 1 is 0.826 bits per heavy atom. The summed E-state index contributed by atoms with van der Waals surface area (Å²) in [7, 11) is 0. The zero-order valence-electron chi connectivity index (χ0n) is 16.3. The Bertz CT molecular complexity index is 230. The van der Waals surface area contributed by atoms with E-state index in [0.717, 1.165) is 6.92 Å². The molecule has 0 saturated carbocycles. The summed E-state index contributed by atoms with van der Waals surface area (Å²) in [5.74, 6) is -1.44. The Hall–Kier alpha value is -0.610. The van der Waals surface area contributed by atoms with E-state index in [-0.39, 0.29) is 0 Å². The molecule has 0 aliphatic carbocycles. The highest BCUT2D eigenvalue weighted by Crippen LogP contribution is 2.16. The van der Waals surface area contributed by atoms with E-state index in [9.17, 15) is 9.90 Å². The van der Waals surface area contributed by atoms with Gasteiger partial charge in [-0.2, -0.15) is 0 Å². The fraction of sp³-hybridized carbons (Fsp3) is 0.947. The molecule has 0 fully saturated rings. The normalized spacial score (nSPS) is 12.4. The topological polar surface area (TPSA) is 60.4 Å². The molecule has 4 nitrogen and oxygen atoms in total. The molecule has 0 heterocycles. The smallest absolute Gasteiger partial charge is 0.0905 e. The first-order valence-electron chi connectivity index (χ1n) is 9.63.